The Bertz CT molecular complexity index is 393. The van der Waals surface area contributed by atoms with Crippen molar-refractivity contribution in [1.82, 2.24) is 5.32 Å². The first-order valence-corrected chi connectivity index (χ1v) is 7.66. The number of hydrogen-bond acceptors (Lipinski definition) is 2. The normalized spacial score (nSPS) is 24.1. The smallest absolute Gasteiger partial charge is 0.0475 e. The maximum atomic E-state index is 5.63. The van der Waals surface area contributed by atoms with Crippen LogP contribution in [-0.2, 0) is 10.2 Å². The van der Waals surface area contributed by atoms with E-state index in [1.807, 2.05) is 0 Å². The molecule has 0 aromatic heterocycles. The highest BCUT2D eigenvalue weighted by Crippen LogP contribution is 2.43. The predicted molar refractivity (Wildman–Crippen MR) is 78.4 cm³/mol. The lowest BCUT2D eigenvalue weighted by Crippen LogP contribution is -2.50. The van der Waals surface area contributed by atoms with Gasteiger partial charge >= 0.3 is 0 Å². The standard InChI is InChI=1S/C17H25NO/c1-18-16(13-14-7-8-14)17(9-11-19-12-10-17)15-5-3-2-4-6-15/h2-6,14,16,18H,7-13H2,1H3. The number of nitrogens with one attached hydrogen (secondary N) is 1. The van der Waals surface area contributed by atoms with E-state index in [1.165, 1.54) is 24.8 Å². The van der Waals surface area contributed by atoms with Crippen LogP contribution in [0.3, 0.4) is 0 Å². The molecule has 1 aromatic rings. The largest absolute Gasteiger partial charge is 0.381 e. The summed E-state index contributed by atoms with van der Waals surface area (Å²) in [4.78, 5) is 0. The minimum absolute atomic E-state index is 0.275. The van der Waals surface area contributed by atoms with E-state index < -0.39 is 0 Å². The molecule has 1 aliphatic carbocycles. The van der Waals surface area contributed by atoms with Gasteiger partial charge in [-0.3, -0.25) is 0 Å². The molecule has 0 spiro atoms. The second-order valence-corrected chi connectivity index (χ2v) is 6.15. The summed E-state index contributed by atoms with van der Waals surface area (Å²) in [5.41, 5.74) is 1.77. The lowest BCUT2D eigenvalue weighted by atomic mass is 9.67. The minimum Gasteiger partial charge on any atom is -0.381 e. The zero-order valence-corrected chi connectivity index (χ0v) is 11.9. The topological polar surface area (TPSA) is 21.3 Å². The van der Waals surface area contributed by atoms with E-state index >= 15 is 0 Å². The predicted octanol–water partition coefficient (Wildman–Crippen LogP) is 3.12. The summed E-state index contributed by atoms with van der Waals surface area (Å²) in [5.74, 6) is 0.959. The first-order chi connectivity index (χ1) is 9.35. The summed E-state index contributed by atoms with van der Waals surface area (Å²) < 4.78 is 5.63. The van der Waals surface area contributed by atoms with Gasteiger partial charge in [0.2, 0.25) is 0 Å². The van der Waals surface area contributed by atoms with Crippen molar-refractivity contribution >= 4 is 0 Å². The molecule has 1 saturated heterocycles. The van der Waals surface area contributed by atoms with Crippen molar-refractivity contribution in [3.05, 3.63) is 35.9 Å². The van der Waals surface area contributed by atoms with E-state index in [2.05, 4.69) is 42.7 Å². The van der Waals surface area contributed by atoms with Gasteiger partial charge in [-0.1, -0.05) is 43.2 Å². The molecule has 0 radical (unpaired) electrons. The van der Waals surface area contributed by atoms with Crippen molar-refractivity contribution in [2.24, 2.45) is 5.92 Å². The molecule has 2 fully saturated rings. The fourth-order valence-electron chi connectivity index (χ4n) is 3.65. The maximum absolute atomic E-state index is 5.63. The molecule has 1 heterocycles. The molecular weight excluding hydrogens is 234 g/mol. The van der Waals surface area contributed by atoms with E-state index in [0.29, 0.717) is 6.04 Å². The van der Waals surface area contributed by atoms with Crippen molar-refractivity contribution in [3.63, 3.8) is 0 Å². The van der Waals surface area contributed by atoms with Crippen LogP contribution in [0, 0.1) is 5.92 Å². The van der Waals surface area contributed by atoms with Gasteiger partial charge in [0.1, 0.15) is 0 Å². The van der Waals surface area contributed by atoms with Gasteiger partial charge < -0.3 is 10.1 Å². The molecular formula is C17H25NO. The molecule has 1 saturated carbocycles. The highest BCUT2D eigenvalue weighted by molar-refractivity contribution is 5.28. The van der Waals surface area contributed by atoms with E-state index in [4.69, 9.17) is 4.74 Å². The first kappa shape index (κ1) is 13.1. The first-order valence-electron chi connectivity index (χ1n) is 7.66. The Labute approximate surface area is 116 Å². The molecule has 19 heavy (non-hydrogen) atoms. The monoisotopic (exact) mass is 259 g/mol. The molecule has 1 aromatic carbocycles. The van der Waals surface area contributed by atoms with Crippen molar-refractivity contribution in [3.8, 4) is 0 Å². The third kappa shape index (κ3) is 2.70. The summed E-state index contributed by atoms with van der Waals surface area (Å²) in [5, 5.41) is 3.63. The maximum Gasteiger partial charge on any atom is 0.0475 e. The average molecular weight is 259 g/mol. The fourth-order valence-corrected chi connectivity index (χ4v) is 3.65. The zero-order valence-electron chi connectivity index (χ0n) is 11.9. The van der Waals surface area contributed by atoms with Crippen molar-refractivity contribution < 1.29 is 4.74 Å². The summed E-state index contributed by atoms with van der Waals surface area (Å²) in [6, 6.07) is 11.7. The van der Waals surface area contributed by atoms with E-state index in [-0.39, 0.29) is 5.41 Å². The SMILES string of the molecule is CNC(CC1CC1)C1(c2ccccc2)CCOCC1. The van der Waals surface area contributed by atoms with Crippen LogP contribution in [-0.4, -0.2) is 26.3 Å². The van der Waals surface area contributed by atoms with Gasteiger partial charge in [0.15, 0.2) is 0 Å². The molecule has 2 nitrogen and oxygen atoms in total. The summed E-state index contributed by atoms with van der Waals surface area (Å²) >= 11 is 0. The van der Waals surface area contributed by atoms with Crippen LogP contribution in [0.15, 0.2) is 30.3 Å². The number of ether oxygens (including phenoxy) is 1. The lowest BCUT2D eigenvalue weighted by molar-refractivity contribution is 0.0332. The minimum atomic E-state index is 0.275. The van der Waals surface area contributed by atoms with Gasteiger partial charge in [-0.15, -0.1) is 0 Å². The Kier molecular flexibility index (Phi) is 3.90. The highest BCUT2D eigenvalue weighted by Gasteiger charge is 2.43. The van der Waals surface area contributed by atoms with E-state index in [0.717, 1.165) is 32.0 Å². The third-order valence-electron chi connectivity index (χ3n) is 5.02. The molecule has 1 N–H and O–H groups in total. The van der Waals surface area contributed by atoms with Crippen LogP contribution in [0.25, 0.3) is 0 Å². The summed E-state index contributed by atoms with van der Waals surface area (Å²) in [6.07, 6.45) is 6.48. The Morgan fingerprint density at radius 3 is 2.47 bits per heavy atom. The molecule has 3 rings (SSSR count). The summed E-state index contributed by atoms with van der Waals surface area (Å²) in [7, 11) is 2.13. The van der Waals surface area contributed by atoms with Crippen LogP contribution in [0.5, 0.6) is 0 Å². The summed E-state index contributed by atoms with van der Waals surface area (Å²) in [6.45, 7) is 1.80. The lowest BCUT2D eigenvalue weighted by Gasteiger charge is -2.44. The quantitative estimate of drug-likeness (QED) is 0.877. The molecule has 2 heteroatoms. The van der Waals surface area contributed by atoms with Gasteiger partial charge in [0, 0.05) is 24.7 Å². The molecule has 0 amide bonds. The second kappa shape index (κ2) is 5.64. The van der Waals surface area contributed by atoms with Crippen molar-refractivity contribution in [2.45, 2.75) is 43.6 Å². The molecule has 1 unspecified atom stereocenters. The van der Waals surface area contributed by atoms with Crippen LogP contribution in [0.4, 0.5) is 0 Å². The third-order valence-corrected chi connectivity index (χ3v) is 5.02. The van der Waals surface area contributed by atoms with Gasteiger partial charge in [0.05, 0.1) is 0 Å². The Morgan fingerprint density at radius 2 is 1.89 bits per heavy atom. The van der Waals surface area contributed by atoms with Crippen LogP contribution < -0.4 is 5.32 Å². The van der Waals surface area contributed by atoms with E-state index in [9.17, 15) is 0 Å². The number of likely N-dealkylation sites (N-methyl/N-ethyl adjacent to an activating group) is 1. The van der Waals surface area contributed by atoms with Crippen LogP contribution >= 0.6 is 0 Å². The molecule has 2 aliphatic rings. The van der Waals surface area contributed by atoms with Crippen molar-refractivity contribution in [1.29, 1.82) is 0 Å². The second-order valence-electron chi connectivity index (χ2n) is 6.15. The Balaban J connectivity index is 1.90. The molecule has 1 aliphatic heterocycles. The van der Waals surface area contributed by atoms with Gasteiger partial charge in [-0.05, 0) is 37.8 Å². The van der Waals surface area contributed by atoms with Crippen molar-refractivity contribution in [2.75, 3.05) is 20.3 Å². The molecule has 1 atom stereocenters. The molecule has 0 bridgehead atoms. The average Bonchev–Trinajstić information content (AvgIpc) is 3.30. The highest BCUT2D eigenvalue weighted by atomic mass is 16.5. The zero-order chi connectivity index (χ0) is 13.1. The number of hydrogen-bond donors (Lipinski definition) is 1. The number of rotatable bonds is 5. The van der Waals surface area contributed by atoms with Gasteiger partial charge in [-0.2, -0.15) is 0 Å². The van der Waals surface area contributed by atoms with Gasteiger partial charge in [-0.25, -0.2) is 0 Å². The Morgan fingerprint density at radius 1 is 1.21 bits per heavy atom. The van der Waals surface area contributed by atoms with Gasteiger partial charge in [0.25, 0.3) is 0 Å². The van der Waals surface area contributed by atoms with Crippen LogP contribution in [0.1, 0.15) is 37.7 Å². The Hall–Kier alpha value is -0.860. The van der Waals surface area contributed by atoms with Crippen LogP contribution in [0.2, 0.25) is 0 Å². The van der Waals surface area contributed by atoms with E-state index in [1.54, 1.807) is 0 Å². The number of benzene rings is 1. The molecule has 104 valence electrons. The fraction of sp³-hybridized carbons (Fsp3) is 0.647.